The molecule has 10 N–H and O–H groups in total. The van der Waals surface area contributed by atoms with E-state index in [9.17, 15) is 19.2 Å². The summed E-state index contributed by atoms with van der Waals surface area (Å²) in [6.07, 6.45) is 3.62. The van der Waals surface area contributed by atoms with E-state index < -0.39 is 48.0 Å². The zero-order valence-corrected chi connectivity index (χ0v) is 17.5. The van der Waals surface area contributed by atoms with E-state index in [1.54, 1.807) is 13.8 Å². The van der Waals surface area contributed by atoms with Gasteiger partial charge in [0.1, 0.15) is 24.2 Å². The van der Waals surface area contributed by atoms with Crippen LogP contribution in [0, 0.1) is 0 Å². The first kappa shape index (κ1) is 29.9. The standard InChI is InChI=1S/2C9H18N2O4/c2*1-6(8(12)13)11-5-3-2-4-7(10)9(14)15/h2*6-7,11H,2-5,10H2,1H3,(H,12,13)(H,14,15)/t6-,7+;6-,7-/m10/s1. The van der Waals surface area contributed by atoms with Crippen molar-refractivity contribution in [2.45, 2.75) is 76.5 Å². The molecule has 12 heteroatoms. The minimum absolute atomic E-state index is 0.415. The minimum Gasteiger partial charge on any atom is -0.480 e. The lowest BCUT2D eigenvalue weighted by atomic mass is 10.1. The largest absolute Gasteiger partial charge is 0.480 e. The summed E-state index contributed by atoms with van der Waals surface area (Å²) in [5.41, 5.74) is 10.6. The third-order valence-electron chi connectivity index (χ3n) is 4.16. The molecule has 0 saturated heterocycles. The van der Waals surface area contributed by atoms with Gasteiger partial charge in [0, 0.05) is 0 Å². The summed E-state index contributed by atoms with van der Waals surface area (Å²) in [6.45, 7) is 4.23. The molecule has 0 fully saturated rings. The van der Waals surface area contributed by atoms with E-state index in [2.05, 4.69) is 10.6 Å². The number of hydrogen-bond acceptors (Lipinski definition) is 8. The second-order valence-corrected chi connectivity index (χ2v) is 6.91. The van der Waals surface area contributed by atoms with E-state index in [4.69, 9.17) is 31.9 Å². The van der Waals surface area contributed by atoms with Crippen LogP contribution in [0.25, 0.3) is 0 Å². The lowest BCUT2D eigenvalue weighted by molar-refractivity contribution is -0.140. The molecular formula is C18H36N4O8. The smallest absolute Gasteiger partial charge is 0.320 e. The van der Waals surface area contributed by atoms with Crippen LogP contribution in [-0.4, -0.2) is 81.6 Å². The maximum absolute atomic E-state index is 10.4. The summed E-state index contributed by atoms with van der Waals surface area (Å²) in [6, 6.07) is -2.78. The average Bonchev–Trinajstić information content (AvgIpc) is 2.66. The Morgan fingerprint density at radius 3 is 1.17 bits per heavy atom. The van der Waals surface area contributed by atoms with E-state index in [-0.39, 0.29) is 0 Å². The summed E-state index contributed by atoms with van der Waals surface area (Å²) in [5.74, 6) is -3.78. The van der Waals surface area contributed by atoms with Crippen LogP contribution in [0.2, 0.25) is 0 Å². The lowest BCUT2D eigenvalue weighted by Gasteiger charge is -2.09. The van der Waals surface area contributed by atoms with Crippen molar-refractivity contribution in [1.29, 1.82) is 0 Å². The molecule has 0 amide bonds. The van der Waals surface area contributed by atoms with Gasteiger partial charge >= 0.3 is 23.9 Å². The molecule has 176 valence electrons. The number of rotatable bonds is 16. The van der Waals surface area contributed by atoms with Crippen molar-refractivity contribution < 1.29 is 39.6 Å². The number of nitrogens with one attached hydrogen (secondary N) is 2. The van der Waals surface area contributed by atoms with Crippen molar-refractivity contribution in [2.75, 3.05) is 13.1 Å². The number of hydrogen-bond donors (Lipinski definition) is 8. The zero-order chi connectivity index (χ0) is 23.7. The molecule has 0 bridgehead atoms. The number of unbranched alkanes of at least 4 members (excludes halogenated alkanes) is 2. The molecule has 0 aliphatic rings. The van der Waals surface area contributed by atoms with E-state index in [0.29, 0.717) is 38.8 Å². The van der Waals surface area contributed by atoms with Gasteiger partial charge in [-0.05, 0) is 52.6 Å². The van der Waals surface area contributed by atoms with Crippen molar-refractivity contribution in [2.24, 2.45) is 11.5 Å². The maximum Gasteiger partial charge on any atom is 0.320 e. The molecular weight excluding hydrogens is 400 g/mol. The summed E-state index contributed by atoms with van der Waals surface area (Å²) in [5, 5.41) is 39.6. The van der Waals surface area contributed by atoms with Gasteiger partial charge in [0.05, 0.1) is 0 Å². The Balaban J connectivity index is 0. The molecule has 0 heterocycles. The number of aliphatic carboxylic acids is 4. The Kier molecular flexibility index (Phi) is 17.5. The molecule has 0 aromatic heterocycles. The second-order valence-electron chi connectivity index (χ2n) is 6.91. The van der Waals surface area contributed by atoms with Crippen LogP contribution in [0.1, 0.15) is 52.4 Å². The van der Waals surface area contributed by atoms with Gasteiger partial charge in [-0.25, -0.2) is 0 Å². The topological polar surface area (TPSA) is 225 Å². The molecule has 0 aromatic rings. The van der Waals surface area contributed by atoms with Gasteiger partial charge in [-0.2, -0.15) is 0 Å². The van der Waals surface area contributed by atoms with Crippen LogP contribution in [-0.2, 0) is 19.2 Å². The highest BCUT2D eigenvalue weighted by molar-refractivity contribution is 5.73. The molecule has 4 atom stereocenters. The predicted octanol–water partition coefficient (Wildman–Crippen LogP) is -0.737. The number of nitrogens with two attached hydrogens (primary N) is 2. The van der Waals surface area contributed by atoms with Gasteiger partial charge in [-0.15, -0.1) is 0 Å². The van der Waals surface area contributed by atoms with Crippen molar-refractivity contribution in [3.63, 3.8) is 0 Å². The predicted molar refractivity (Wildman–Crippen MR) is 109 cm³/mol. The molecule has 0 radical (unpaired) electrons. The fourth-order valence-electron chi connectivity index (χ4n) is 2.04. The fourth-order valence-corrected chi connectivity index (χ4v) is 2.04. The summed E-state index contributed by atoms with van der Waals surface area (Å²) in [4.78, 5) is 41.5. The zero-order valence-electron chi connectivity index (χ0n) is 17.5. The lowest BCUT2D eigenvalue weighted by Crippen LogP contribution is -2.34. The monoisotopic (exact) mass is 436 g/mol. The van der Waals surface area contributed by atoms with E-state index >= 15 is 0 Å². The Hall–Kier alpha value is -2.28. The van der Waals surface area contributed by atoms with Gasteiger partial charge in [0.25, 0.3) is 0 Å². The Morgan fingerprint density at radius 1 is 0.633 bits per heavy atom. The number of carboxylic acids is 4. The summed E-state index contributed by atoms with van der Waals surface area (Å²) < 4.78 is 0. The van der Waals surface area contributed by atoms with Crippen LogP contribution in [0.5, 0.6) is 0 Å². The number of carbonyl (C=O) groups is 4. The highest BCUT2D eigenvalue weighted by atomic mass is 16.4. The van der Waals surface area contributed by atoms with Crippen molar-refractivity contribution >= 4 is 23.9 Å². The van der Waals surface area contributed by atoms with Crippen LogP contribution in [0.15, 0.2) is 0 Å². The molecule has 0 saturated carbocycles. The molecule has 0 aromatic carbocycles. The quantitative estimate of drug-likeness (QED) is 0.140. The Bertz CT molecular complexity index is 442. The minimum atomic E-state index is -0.998. The summed E-state index contributed by atoms with van der Waals surface area (Å²) in [7, 11) is 0. The molecule has 0 rings (SSSR count). The third-order valence-corrected chi connectivity index (χ3v) is 4.16. The first-order chi connectivity index (χ1) is 13.9. The van der Waals surface area contributed by atoms with Crippen LogP contribution >= 0.6 is 0 Å². The normalized spacial score (nSPS) is 14.5. The second kappa shape index (κ2) is 17.6. The Labute approximate surface area is 176 Å². The highest BCUT2D eigenvalue weighted by Gasteiger charge is 2.12. The average molecular weight is 437 g/mol. The first-order valence-electron chi connectivity index (χ1n) is 9.79. The van der Waals surface area contributed by atoms with Gasteiger partial charge in [-0.3, -0.25) is 19.2 Å². The van der Waals surface area contributed by atoms with E-state index in [0.717, 1.165) is 12.8 Å². The van der Waals surface area contributed by atoms with Crippen molar-refractivity contribution in [3.8, 4) is 0 Å². The maximum atomic E-state index is 10.4. The molecule has 0 aliphatic heterocycles. The van der Waals surface area contributed by atoms with Crippen molar-refractivity contribution in [3.05, 3.63) is 0 Å². The first-order valence-corrected chi connectivity index (χ1v) is 9.79. The molecule has 0 unspecified atom stereocenters. The van der Waals surface area contributed by atoms with Gasteiger partial charge in [-0.1, -0.05) is 12.8 Å². The molecule has 30 heavy (non-hydrogen) atoms. The third kappa shape index (κ3) is 17.8. The fraction of sp³-hybridized carbons (Fsp3) is 0.778. The Morgan fingerprint density at radius 2 is 0.933 bits per heavy atom. The number of carboxylic acid groups (broad SMARTS) is 4. The van der Waals surface area contributed by atoms with Crippen LogP contribution in [0.4, 0.5) is 0 Å². The van der Waals surface area contributed by atoms with Crippen LogP contribution in [0.3, 0.4) is 0 Å². The molecule has 12 nitrogen and oxygen atoms in total. The van der Waals surface area contributed by atoms with E-state index in [1.165, 1.54) is 0 Å². The van der Waals surface area contributed by atoms with Gasteiger partial charge < -0.3 is 42.5 Å². The van der Waals surface area contributed by atoms with Crippen LogP contribution < -0.4 is 22.1 Å². The molecule has 0 aliphatic carbocycles. The van der Waals surface area contributed by atoms with Gasteiger partial charge in [0.15, 0.2) is 0 Å². The molecule has 0 spiro atoms. The van der Waals surface area contributed by atoms with Gasteiger partial charge in [0.2, 0.25) is 0 Å². The van der Waals surface area contributed by atoms with Crippen molar-refractivity contribution in [1.82, 2.24) is 10.6 Å². The van der Waals surface area contributed by atoms with E-state index in [1.807, 2.05) is 0 Å². The SMILES string of the molecule is C[C@@H](NCCCC[C@H](N)C(=O)O)C(=O)O.C[C@H](NCCCC[C@H](N)C(=O)O)C(=O)O. The highest BCUT2D eigenvalue weighted by Crippen LogP contribution is 1.99. The summed E-state index contributed by atoms with van der Waals surface area (Å²) >= 11 is 0.